The van der Waals surface area contributed by atoms with E-state index in [2.05, 4.69) is 0 Å². The van der Waals surface area contributed by atoms with Crippen LogP contribution in [-0.4, -0.2) is 43.7 Å². The summed E-state index contributed by atoms with van der Waals surface area (Å²) in [6, 6.07) is 15.6. The summed E-state index contributed by atoms with van der Waals surface area (Å²) in [4.78, 5) is 14.5. The molecule has 0 saturated carbocycles. The molecule has 0 N–H and O–H groups in total. The number of morpholine rings is 1. The minimum atomic E-state index is 0.0284. The standard InChI is InChI=1S/C21H25NO4/c1-2-26-20-9-8-18(21(23)22-10-12-24-13-11-22)14-19(20)16-25-15-17-6-4-3-5-7-17/h3-9,14H,2,10-13,15-16H2,1H3. The molecule has 1 heterocycles. The summed E-state index contributed by atoms with van der Waals surface area (Å²) in [7, 11) is 0. The summed E-state index contributed by atoms with van der Waals surface area (Å²) >= 11 is 0. The molecule has 0 bridgehead atoms. The first kappa shape index (κ1) is 18.4. The number of carbonyl (C=O) groups is 1. The van der Waals surface area contributed by atoms with Crippen LogP contribution in [0, 0.1) is 0 Å². The van der Waals surface area contributed by atoms with Crippen molar-refractivity contribution in [2.45, 2.75) is 20.1 Å². The summed E-state index contributed by atoms with van der Waals surface area (Å²) in [5.41, 5.74) is 2.67. The van der Waals surface area contributed by atoms with Gasteiger partial charge in [-0.25, -0.2) is 0 Å². The molecule has 5 heteroatoms. The molecule has 5 nitrogen and oxygen atoms in total. The lowest BCUT2D eigenvalue weighted by Crippen LogP contribution is -2.40. The van der Waals surface area contributed by atoms with Crippen molar-refractivity contribution in [2.24, 2.45) is 0 Å². The summed E-state index contributed by atoms with van der Waals surface area (Å²) in [5, 5.41) is 0. The highest BCUT2D eigenvalue weighted by Gasteiger charge is 2.19. The van der Waals surface area contributed by atoms with Crippen LogP contribution >= 0.6 is 0 Å². The highest BCUT2D eigenvalue weighted by atomic mass is 16.5. The molecule has 1 aliphatic heterocycles. The maximum atomic E-state index is 12.7. The van der Waals surface area contributed by atoms with E-state index in [-0.39, 0.29) is 5.91 Å². The van der Waals surface area contributed by atoms with E-state index < -0.39 is 0 Å². The number of rotatable bonds is 7. The normalized spacial score (nSPS) is 14.3. The molecule has 3 rings (SSSR count). The third kappa shape index (κ3) is 4.84. The lowest BCUT2D eigenvalue weighted by Gasteiger charge is -2.27. The molecule has 0 unspecified atom stereocenters. The van der Waals surface area contributed by atoms with Crippen molar-refractivity contribution in [3.63, 3.8) is 0 Å². The first-order valence-electron chi connectivity index (χ1n) is 9.02. The van der Waals surface area contributed by atoms with E-state index >= 15 is 0 Å². The van der Waals surface area contributed by atoms with Gasteiger partial charge in [0, 0.05) is 24.2 Å². The first-order valence-corrected chi connectivity index (χ1v) is 9.02. The average molecular weight is 355 g/mol. The summed E-state index contributed by atoms with van der Waals surface area (Å²) < 4.78 is 16.9. The molecule has 2 aromatic rings. The zero-order chi connectivity index (χ0) is 18.2. The zero-order valence-corrected chi connectivity index (χ0v) is 15.1. The van der Waals surface area contributed by atoms with Crippen molar-refractivity contribution in [3.8, 4) is 5.75 Å². The van der Waals surface area contributed by atoms with Gasteiger partial charge in [0.15, 0.2) is 0 Å². The molecule has 0 radical (unpaired) electrons. The van der Waals surface area contributed by atoms with Crippen LogP contribution in [0.4, 0.5) is 0 Å². The Balaban J connectivity index is 1.70. The van der Waals surface area contributed by atoms with E-state index in [9.17, 15) is 4.79 Å². The van der Waals surface area contributed by atoms with Crippen LogP contribution < -0.4 is 4.74 Å². The van der Waals surface area contributed by atoms with Crippen LogP contribution in [0.3, 0.4) is 0 Å². The first-order chi connectivity index (χ1) is 12.8. The number of hydrogen-bond acceptors (Lipinski definition) is 4. The van der Waals surface area contributed by atoms with Gasteiger partial charge in [0.2, 0.25) is 0 Å². The van der Waals surface area contributed by atoms with Crippen molar-refractivity contribution in [3.05, 3.63) is 65.2 Å². The third-order valence-corrected chi connectivity index (χ3v) is 4.27. The highest BCUT2D eigenvalue weighted by Crippen LogP contribution is 2.23. The van der Waals surface area contributed by atoms with Crippen LogP contribution in [0.15, 0.2) is 48.5 Å². The van der Waals surface area contributed by atoms with E-state index in [1.807, 2.05) is 60.4 Å². The second-order valence-electron chi connectivity index (χ2n) is 6.14. The number of ether oxygens (including phenoxy) is 3. The molecule has 0 atom stereocenters. The number of carbonyl (C=O) groups excluding carboxylic acids is 1. The van der Waals surface area contributed by atoms with Crippen molar-refractivity contribution in [2.75, 3.05) is 32.9 Å². The Kier molecular flexibility index (Phi) is 6.63. The predicted molar refractivity (Wildman–Crippen MR) is 99.3 cm³/mol. The maximum Gasteiger partial charge on any atom is 0.254 e. The predicted octanol–water partition coefficient (Wildman–Crippen LogP) is 3.27. The SMILES string of the molecule is CCOc1ccc(C(=O)N2CCOCC2)cc1COCc1ccccc1. The Bertz CT molecular complexity index is 711. The number of hydrogen-bond donors (Lipinski definition) is 0. The van der Waals surface area contributed by atoms with Crippen LogP contribution in [0.25, 0.3) is 0 Å². The van der Waals surface area contributed by atoms with Gasteiger partial charge in [0.1, 0.15) is 5.75 Å². The summed E-state index contributed by atoms with van der Waals surface area (Å²) in [5.74, 6) is 0.791. The van der Waals surface area contributed by atoms with Gasteiger partial charge in [-0.15, -0.1) is 0 Å². The van der Waals surface area contributed by atoms with Gasteiger partial charge in [-0.1, -0.05) is 30.3 Å². The maximum absolute atomic E-state index is 12.7. The molecule has 138 valence electrons. The van der Waals surface area contributed by atoms with Crippen molar-refractivity contribution >= 4 is 5.91 Å². The highest BCUT2D eigenvalue weighted by molar-refractivity contribution is 5.94. The van der Waals surface area contributed by atoms with E-state index in [1.54, 1.807) is 0 Å². The monoisotopic (exact) mass is 355 g/mol. The van der Waals surface area contributed by atoms with Gasteiger partial charge >= 0.3 is 0 Å². The van der Waals surface area contributed by atoms with Crippen LogP contribution in [-0.2, 0) is 22.7 Å². The molecule has 26 heavy (non-hydrogen) atoms. The molecular formula is C21H25NO4. The largest absolute Gasteiger partial charge is 0.494 e. The summed E-state index contributed by atoms with van der Waals surface area (Å²) in [6.07, 6.45) is 0. The molecule has 0 spiro atoms. The van der Waals surface area contributed by atoms with Gasteiger partial charge in [0.05, 0.1) is 33.0 Å². The molecule has 1 aliphatic rings. The third-order valence-electron chi connectivity index (χ3n) is 4.27. The van der Waals surface area contributed by atoms with Gasteiger partial charge < -0.3 is 19.1 Å². The van der Waals surface area contributed by atoms with Crippen LogP contribution in [0.1, 0.15) is 28.4 Å². The Morgan fingerprint density at radius 3 is 2.58 bits per heavy atom. The van der Waals surface area contributed by atoms with E-state index in [1.165, 1.54) is 0 Å². The fourth-order valence-electron chi connectivity index (χ4n) is 2.92. The molecule has 1 saturated heterocycles. The Morgan fingerprint density at radius 1 is 1.08 bits per heavy atom. The number of amides is 1. The second kappa shape index (κ2) is 9.36. The van der Waals surface area contributed by atoms with Crippen molar-refractivity contribution in [1.82, 2.24) is 4.90 Å². The molecule has 1 amide bonds. The molecular weight excluding hydrogens is 330 g/mol. The van der Waals surface area contributed by atoms with Gasteiger partial charge in [-0.2, -0.15) is 0 Å². The Morgan fingerprint density at radius 2 is 1.85 bits per heavy atom. The van der Waals surface area contributed by atoms with E-state index in [4.69, 9.17) is 14.2 Å². The van der Waals surface area contributed by atoms with E-state index in [0.717, 1.165) is 16.9 Å². The minimum Gasteiger partial charge on any atom is -0.494 e. The molecule has 2 aromatic carbocycles. The minimum absolute atomic E-state index is 0.0284. The Hall–Kier alpha value is -2.37. The molecule has 0 aromatic heterocycles. The van der Waals surface area contributed by atoms with Crippen LogP contribution in [0.2, 0.25) is 0 Å². The van der Waals surface area contributed by atoms with Crippen molar-refractivity contribution in [1.29, 1.82) is 0 Å². The van der Waals surface area contributed by atoms with Gasteiger partial charge in [0.25, 0.3) is 5.91 Å². The number of benzene rings is 2. The summed E-state index contributed by atoms with van der Waals surface area (Å²) in [6.45, 7) is 5.88. The molecule has 1 fully saturated rings. The van der Waals surface area contributed by atoms with Crippen molar-refractivity contribution < 1.29 is 19.0 Å². The Labute approximate surface area is 154 Å². The molecule has 0 aliphatic carbocycles. The van der Waals surface area contributed by atoms with Gasteiger partial charge in [-0.05, 0) is 30.7 Å². The quantitative estimate of drug-likeness (QED) is 0.765. The second-order valence-corrected chi connectivity index (χ2v) is 6.14. The lowest BCUT2D eigenvalue weighted by molar-refractivity contribution is 0.0302. The van der Waals surface area contributed by atoms with Crippen LogP contribution in [0.5, 0.6) is 5.75 Å². The van der Waals surface area contributed by atoms with E-state index in [0.29, 0.717) is 51.7 Å². The lowest BCUT2D eigenvalue weighted by atomic mass is 10.1. The average Bonchev–Trinajstić information content (AvgIpc) is 2.70. The smallest absolute Gasteiger partial charge is 0.254 e. The number of nitrogens with zero attached hydrogens (tertiary/aromatic N) is 1. The fourth-order valence-corrected chi connectivity index (χ4v) is 2.92. The zero-order valence-electron chi connectivity index (χ0n) is 15.1. The van der Waals surface area contributed by atoms with Gasteiger partial charge in [-0.3, -0.25) is 4.79 Å². The topological polar surface area (TPSA) is 48.0 Å². The fraction of sp³-hybridized carbons (Fsp3) is 0.381.